The number of aromatic amines is 1. The molecule has 0 aliphatic carbocycles. The molecule has 2 aromatic heterocycles. The van der Waals surface area contributed by atoms with Crippen LogP contribution in [0.5, 0.6) is 0 Å². The van der Waals surface area contributed by atoms with Gasteiger partial charge in [-0.05, 0) is 48.9 Å². The minimum Gasteiger partial charge on any atom is -0.352 e. The Labute approximate surface area is 214 Å². The Morgan fingerprint density at radius 2 is 1.62 bits per heavy atom. The van der Waals surface area contributed by atoms with E-state index in [1.165, 1.54) is 17.2 Å². The number of halogens is 9. The van der Waals surface area contributed by atoms with Crippen molar-refractivity contribution in [1.82, 2.24) is 15.0 Å². The Balaban J connectivity index is 1.53. The van der Waals surface area contributed by atoms with Gasteiger partial charge in [-0.25, -0.2) is 23.1 Å². The maximum atomic E-state index is 13.9. The van der Waals surface area contributed by atoms with Crippen LogP contribution in [-0.4, -0.2) is 40.6 Å². The summed E-state index contributed by atoms with van der Waals surface area (Å²) in [7, 11) is 0. The number of nitrogens with zero attached hydrogens (tertiary/aromatic N) is 4. The van der Waals surface area contributed by atoms with Crippen molar-refractivity contribution < 1.29 is 39.5 Å². The van der Waals surface area contributed by atoms with E-state index in [9.17, 15) is 39.5 Å². The van der Waals surface area contributed by atoms with Crippen molar-refractivity contribution in [2.75, 3.05) is 29.4 Å². The number of fused-ring (bicyclic) bond motifs is 1. The number of H-pyrrole nitrogens is 1. The van der Waals surface area contributed by atoms with Crippen LogP contribution in [0.15, 0.2) is 42.6 Å². The molecule has 5 nitrogen and oxygen atoms in total. The van der Waals surface area contributed by atoms with Gasteiger partial charge in [0, 0.05) is 37.4 Å². The lowest BCUT2D eigenvalue weighted by molar-refractivity contribution is -0.138. The minimum absolute atomic E-state index is 0.0159. The summed E-state index contributed by atoms with van der Waals surface area (Å²) in [5.41, 5.74) is -2.78. The summed E-state index contributed by atoms with van der Waals surface area (Å²) < 4.78 is 123. The lowest BCUT2D eigenvalue weighted by atomic mass is 10.0. The highest BCUT2D eigenvalue weighted by Crippen LogP contribution is 2.39. The topological polar surface area (TPSA) is 48.1 Å². The number of nitrogens with one attached hydrogen (secondary N) is 1. The van der Waals surface area contributed by atoms with E-state index in [-0.39, 0.29) is 53.6 Å². The third kappa shape index (κ3) is 4.94. The molecule has 1 fully saturated rings. The van der Waals surface area contributed by atoms with Crippen molar-refractivity contribution in [2.45, 2.75) is 25.3 Å². The van der Waals surface area contributed by atoms with Crippen molar-refractivity contribution in [1.29, 1.82) is 0 Å². The second-order valence-corrected chi connectivity index (χ2v) is 9.09. The average Bonchev–Trinajstić information content (AvgIpc) is 3.29. The van der Waals surface area contributed by atoms with E-state index in [2.05, 4.69) is 15.0 Å². The molecule has 0 amide bonds. The molecule has 0 unspecified atom stereocenters. The van der Waals surface area contributed by atoms with E-state index in [0.29, 0.717) is 18.2 Å². The van der Waals surface area contributed by atoms with Crippen LogP contribution in [-0.2, 0) is 12.4 Å². The van der Waals surface area contributed by atoms with Gasteiger partial charge in [0.1, 0.15) is 5.82 Å². The molecule has 0 spiro atoms. The number of piperazine rings is 1. The van der Waals surface area contributed by atoms with Gasteiger partial charge in [-0.15, -0.1) is 0 Å². The Morgan fingerprint density at radius 3 is 2.23 bits per heavy atom. The van der Waals surface area contributed by atoms with Gasteiger partial charge in [0.2, 0.25) is 5.95 Å². The standard InChI is InChI=1S/C25H18F9N5/c1-12-11-38(22-16(25(32,33)34)3-2-4-35-22)5-6-39(12)23-36-19-10-14(24(29,30)31)9-15(21(19)37-23)13-7-17(26)20(28)18(27)8-13/h2-4,7-10,12H,5-6,11H2,1H3,(H,36,37)/t12-/m1/s1. The van der Waals surface area contributed by atoms with E-state index in [1.807, 2.05) is 0 Å². The fraction of sp³-hybridized carbons (Fsp3) is 0.280. The van der Waals surface area contributed by atoms with Gasteiger partial charge >= 0.3 is 12.4 Å². The van der Waals surface area contributed by atoms with Gasteiger partial charge in [0.05, 0.1) is 22.2 Å². The Morgan fingerprint density at radius 1 is 0.923 bits per heavy atom. The van der Waals surface area contributed by atoms with Gasteiger partial charge in [-0.3, -0.25) is 0 Å². The van der Waals surface area contributed by atoms with Crippen LogP contribution in [0.25, 0.3) is 22.2 Å². The number of aromatic nitrogens is 3. The number of pyridine rings is 1. The molecule has 1 atom stereocenters. The molecule has 1 aliphatic heterocycles. The molecule has 14 heteroatoms. The normalized spacial score (nSPS) is 16.8. The first-order chi connectivity index (χ1) is 18.2. The van der Waals surface area contributed by atoms with E-state index in [0.717, 1.165) is 12.1 Å². The van der Waals surface area contributed by atoms with Gasteiger partial charge < -0.3 is 14.8 Å². The summed E-state index contributed by atoms with van der Waals surface area (Å²) in [6, 6.07) is 4.26. The molecule has 0 saturated carbocycles. The second-order valence-electron chi connectivity index (χ2n) is 9.09. The van der Waals surface area contributed by atoms with Crippen LogP contribution in [0.1, 0.15) is 18.1 Å². The maximum Gasteiger partial charge on any atom is 0.419 e. The maximum absolute atomic E-state index is 13.9. The summed E-state index contributed by atoms with van der Waals surface area (Å²) >= 11 is 0. The second kappa shape index (κ2) is 9.35. The third-order valence-corrected chi connectivity index (χ3v) is 6.49. The summed E-state index contributed by atoms with van der Waals surface area (Å²) in [4.78, 5) is 14.2. The van der Waals surface area contributed by atoms with Crippen molar-refractivity contribution in [3.63, 3.8) is 0 Å². The first kappa shape index (κ1) is 26.6. The Kier molecular flexibility index (Phi) is 6.38. The number of hydrogen-bond acceptors (Lipinski definition) is 4. The predicted molar refractivity (Wildman–Crippen MR) is 125 cm³/mol. The monoisotopic (exact) mass is 559 g/mol. The van der Waals surface area contributed by atoms with Gasteiger partial charge in [-0.1, -0.05) is 0 Å². The lowest BCUT2D eigenvalue weighted by Crippen LogP contribution is -2.53. The first-order valence-electron chi connectivity index (χ1n) is 11.5. The van der Waals surface area contributed by atoms with Crippen LogP contribution >= 0.6 is 0 Å². The molecule has 39 heavy (non-hydrogen) atoms. The number of anilines is 2. The van der Waals surface area contributed by atoms with Crippen LogP contribution in [0.4, 0.5) is 51.3 Å². The van der Waals surface area contributed by atoms with Crippen LogP contribution in [0.2, 0.25) is 0 Å². The number of benzene rings is 2. The molecular formula is C25H18F9N5. The molecule has 1 N–H and O–H groups in total. The fourth-order valence-corrected chi connectivity index (χ4v) is 4.67. The molecular weight excluding hydrogens is 541 g/mol. The molecule has 4 aromatic rings. The smallest absolute Gasteiger partial charge is 0.352 e. The molecule has 206 valence electrons. The molecule has 1 saturated heterocycles. The quantitative estimate of drug-likeness (QED) is 0.222. The molecule has 0 radical (unpaired) electrons. The van der Waals surface area contributed by atoms with E-state index >= 15 is 0 Å². The number of rotatable bonds is 3. The summed E-state index contributed by atoms with van der Waals surface area (Å²) in [5.74, 6) is -5.04. The van der Waals surface area contributed by atoms with Gasteiger partial charge in [-0.2, -0.15) is 26.3 Å². The molecule has 2 aromatic carbocycles. The summed E-state index contributed by atoms with van der Waals surface area (Å²) in [5, 5.41) is 0. The van der Waals surface area contributed by atoms with Crippen molar-refractivity contribution in [3.8, 4) is 11.1 Å². The van der Waals surface area contributed by atoms with Crippen LogP contribution in [0.3, 0.4) is 0 Å². The van der Waals surface area contributed by atoms with Crippen molar-refractivity contribution >= 4 is 22.8 Å². The third-order valence-electron chi connectivity index (χ3n) is 6.49. The average molecular weight is 559 g/mol. The lowest BCUT2D eigenvalue weighted by Gasteiger charge is -2.40. The van der Waals surface area contributed by atoms with Gasteiger partial charge in [0.15, 0.2) is 17.5 Å². The zero-order chi connectivity index (χ0) is 28.3. The largest absolute Gasteiger partial charge is 0.419 e. The van der Waals surface area contributed by atoms with E-state index in [4.69, 9.17) is 0 Å². The van der Waals surface area contributed by atoms with E-state index in [1.54, 1.807) is 11.8 Å². The predicted octanol–water partition coefficient (Wildman–Crippen LogP) is 6.79. The zero-order valence-electron chi connectivity index (χ0n) is 19.9. The number of imidazole rings is 1. The van der Waals surface area contributed by atoms with Gasteiger partial charge in [0.25, 0.3) is 0 Å². The SMILES string of the molecule is C[C@@H]1CN(c2ncccc2C(F)(F)F)CCN1c1nc2cc(C(F)(F)F)cc(-c3cc(F)c(F)c(F)c3)c2[nH]1. The fourth-order valence-electron chi connectivity index (χ4n) is 4.67. The van der Waals surface area contributed by atoms with E-state index < -0.39 is 47.0 Å². The molecule has 3 heterocycles. The highest BCUT2D eigenvalue weighted by molar-refractivity contribution is 5.94. The van der Waals surface area contributed by atoms with Crippen molar-refractivity contribution in [3.05, 3.63) is 71.2 Å². The van der Waals surface area contributed by atoms with Crippen molar-refractivity contribution in [2.24, 2.45) is 0 Å². The minimum atomic E-state index is -4.82. The van der Waals surface area contributed by atoms with Crippen LogP contribution < -0.4 is 9.80 Å². The first-order valence-corrected chi connectivity index (χ1v) is 11.5. The number of hydrogen-bond donors (Lipinski definition) is 1. The molecule has 0 bridgehead atoms. The Hall–Kier alpha value is -3.97. The van der Waals surface area contributed by atoms with Crippen LogP contribution in [0, 0.1) is 17.5 Å². The zero-order valence-corrected chi connectivity index (χ0v) is 19.9. The summed E-state index contributed by atoms with van der Waals surface area (Å²) in [6.45, 7) is 2.02. The summed E-state index contributed by atoms with van der Waals surface area (Å²) in [6.07, 6.45) is -8.19. The molecule has 1 aliphatic rings. The molecule has 5 rings (SSSR count). The number of alkyl halides is 6. The Bertz CT molecular complexity index is 1520. The highest BCUT2D eigenvalue weighted by Gasteiger charge is 2.38. The highest BCUT2D eigenvalue weighted by atomic mass is 19.4.